The van der Waals surface area contributed by atoms with E-state index in [-0.39, 0.29) is 5.75 Å². The predicted octanol–water partition coefficient (Wildman–Crippen LogP) is 7.90. The van der Waals surface area contributed by atoms with Gasteiger partial charge in [0.15, 0.2) is 0 Å². The SMILES string of the molecule is CCCCCc1ccc(C2CCC(C=CC#Cc3ccc(OC(F)F)cc3)CC2)cc1. The maximum Gasteiger partial charge on any atom is 0.387 e. The fourth-order valence-electron chi connectivity index (χ4n) is 4.21. The van der Waals surface area contributed by atoms with E-state index in [1.54, 1.807) is 12.1 Å². The first-order valence-electron chi connectivity index (χ1n) is 11.5. The van der Waals surface area contributed by atoms with Gasteiger partial charge in [0.05, 0.1) is 0 Å². The van der Waals surface area contributed by atoms with Gasteiger partial charge in [-0.05, 0) is 91.8 Å². The number of hydrogen-bond donors (Lipinski definition) is 0. The second-order valence-electron chi connectivity index (χ2n) is 8.34. The van der Waals surface area contributed by atoms with E-state index in [4.69, 9.17) is 0 Å². The molecule has 2 aromatic carbocycles. The fraction of sp³-hybridized carbons (Fsp3) is 0.429. The number of hydrogen-bond acceptors (Lipinski definition) is 1. The van der Waals surface area contributed by atoms with Gasteiger partial charge in [-0.15, -0.1) is 0 Å². The van der Waals surface area contributed by atoms with E-state index in [9.17, 15) is 8.78 Å². The van der Waals surface area contributed by atoms with Gasteiger partial charge in [0.1, 0.15) is 5.75 Å². The van der Waals surface area contributed by atoms with Crippen LogP contribution in [0.5, 0.6) is 5.75 Å². The van der Waals surface area contributed by atoms with Crippen molar-refractivity contribution in [1.82, 2.24) is 0 Å². The van der Waals surface area contributed by atoms with Gasteiger partial charge in [0.2, 0.25) is 0 Å². The van der Waals surface area contributed by atoms with Gasteiger partial charge in [-0.2, -0.15) is 8.78 Å². The minimum absolute atomic E-state index is 0.152. The van der Waals surface area contributed by atoms with Crippen molar-refractivity contribution in [3.63, 3.8) is 0 Å². The lowest BCUT2D eigenvalue weighted by atomic mass is 9.78. The van der Waals surface area contributed by atoms with Crippen LogP contribution in [-0.4, -0.2) is 6.61 Å². The number of unbranched alkanes of at least 4 members (excludes halogenated alkanes) is 2. The summed E-state index contributed by atoms with van der Waals surface area (Å²) in [5, 5.41) is 0. The standard InChI is InChI=1S/C28H32F2O/c1-2-3-4-7-22-10-16-25(17-11-22)26-18-12-23(13-19-26)8-5-6-9-24-14-20-27(21-15-24)31-28(29)30/h5,8,10-11,14-17,20-21,23,26,28H,2-4,7,12-13,18-19H2,1H3. The summed E-state index contributed by atoms with van der Waals surface area (Å²) in [7, 11) is 0. The maximum absolute atomic E-state index is 12.2. The zero-order valence-electron chi connectivity index (χ0n) is 18.3. The van der Waals surface area contributed by atoms with Gasteiger partial charge in [0.25, 0.3) is 0 Å². The first-order chi connectivity index (χ1) is 15.1. The second kappa shape index (κ2) is 12.3. The lowest BCUT2D eigenvalue weighted by molar-refractivity contribution is -0.0498. The Morgan fingerprint density at radius 3 is 2.32 bits per heavy atom. The Bertz CT molecular complexity index is 864. The number of ether oxygens (including phenoxy) is 1. The lowest BCUT2D eigenvalue weighted by Crippen LogP contribution is -2.11. The molecule has 3 heteroatoms. The molecule has 0 radical (unpaired) electrons. The zero-order valence-corrected chi connectivity index (χ0v) is 18.3. The Balaban J connectivity index is 1.43. The van der Waals surface area contributed by atoms with Gasteiger partial charge in [-0.25, -0.2) is 0 Å². The van der Waals surface area contributed by atoms with Crippen LogP contribution >= 0.6 is 0 Å². The number of rotatable bonds is 8. The van der Waals surface area contributed by atoms with Gasteiger partial charge < -0.3 is 4.74 Å². The maximum atomic E-state index is 12.2. The van der Waals surface area contributed by atoms with Crippen molar-refractivity contribution < 1.29 is 13.5 Å². The monoisotopic (exact) mass is 422 g/mol. The lowest BCUT2D eigenvalue weighted by Gasteiger charge is -2.27. The number of aryl methyl sites for hydroxylation is 1. The van der Waals surface area contributed by atoms with Crippen molar-refractivity contribution >= 4 is 0 Å². The van der Waals surface area contributed by atoms with Crippen molar-refractivity contribution in [3.05, 3.63) is 77.4 Å². The third-order valence-electron chi connectivity index (χ3n) is 6.04. The molecule has 0 N–H and O–H groups in total. The third-order valence-corrected chi connectivity index (χ3v) is 6.04. The average Bonchev–Trinajstić information content (AvgIpc) is 2.79. The van der Waals surface area contributed by atoms with Crippen molar-refractivity contribution in [2.45, 2.75) is 70.8 Å². The quantitative estimate of drug-likeness (QED) is 0.310. The highest BCUT2D eigenvalue weighted by Crippen LogP contribution is 2.36. The minimum atomic E-state index is -2.80. The largest absolute Gasteiger partial charge is 0.435 e. The summed E-state index contributed by atoms with van der Waals surface area (Å²) in [6, 6.07) is 15.7. The number of allylic oxidation sites excluding steroid dienone is 2. The molecule has 1 fully saturated rings. The van der Waals surface area contributed by atoms with E-state index in [0.29, 0.717) is 11.8 Å². The van der Waals surface area contributed by atoms with Gasteiger partial charge in [0, 0.05) is 5.56 Å². The molecular formula is C28H32F2O. The van der Waals surface area contributed by atoms with E-state index in [0.717, 1.165) is 5.56 Å². The van der Waals surface area contributed by atoms with Crippen LogP contribution in [0.15, 0.2) is 60.7 Å². The van der Waals surface area contributed by atoms with E-state index < -0.39 is 6.61 Å². The number of benzene rings is 2. The van der Waals surface area contributed by atoms with Crippen molar-refractivity contribution in [1.29, 1.82) is 0 Å². The summed E-state index contributed by atoms with van der Waals surface area (Å²) < 4.78 is 28.7. The van der Waals surface area contributed by atoms with Crippen molar-refractivity contribution in [2.24, 2.45) is 5.92 Å². The molecule has 2 aromatic rings. The van der Waals surface area contributed by atoms with Gasteiger partial charge in [-0.3, -0.25) is 0 Å². The van der Waals surface area contributed by atoms with E-state index in [1.165, 1.54) is 74.6 Å². The summed E-state index contributed by atoms with van der Waals surface area (Å²) in [5.74, 6) is 7.51. The Kier molecular flexibility index (Phi) is 9.16. The highest BCUT2D eigenvalue weighted by Gasteiger charge is 2.20. The predicted molar refractivity (Wildman–Crippen MR) is 123 cm³/mol. The summed E-state index contributed by atoms with van der Waals surface area (Å²) in [6.07, 6.45) is 14.1. The fourth-order valence-corrected chi connectivity index (χ4v) is 4.21. The highest BCUT2D eigenvalue weighted by molar-refractivity contribution is 5.40. The first-order valence-corrected chi connectivity index (χ1v) is 11.5. The molecule has 0 bridgehead atoms. The average molecular weight is 423 g/mol. The van der Waals surface area contributed by atoms with Crippen molar-refractivity contribution in [3.8, 4) is 17.6 Å². The summed E-state index contributed by atoms with van der Waals surface area (Å²) in [5.41, 5.74) is 3.73. The molecular weight excluding hydrogens is 390 g/mol. The Labute approximate surface area is 185 Å². The van der Waals surface area contributed by atoms with E-state index in [2.05, 4.69) is 53.8 Å². The first kappa shape index (κ1) is 23.1. The number of alkyl halides is 2. The topological polar surface area (TPSA) is 9.23 Å². The molecule has 0 aliphatic heterocycles. The third kappa shape index (κ3) is 7.87. The molecule has 1 aliphatic carbocycles. The molecule has 0 amide bonds. The van der Waals surface area contributed by atoms with Crippen LogP contribution in [0.1, 0.15) is 74.5 Å². The normalized spacial score (nSPS) is 18.7. The molecule has 0 saturated heterocycles. The van der Waals surface area contributed by atoms with Crippen LogP contribution in [0.4, 0.5) is 8.78 Å². The zero-order chi connectivity index (χ0) is 21.9. The molecule has 0 aromatic heterocycles. The molecule has 1 saturated carbocycles. The Morgan fingerprint density at radius 1 is 0.968 bits per heavy atom. The molecule has 0 atom stereocenters. The van der Waals surface area contributed by atoms with Crippen LogP contribution in [0.3, 0.4) is 0 Å². The van der Waals surface area contributed by atoms with E-state index in [1.807, 2.05) is 6.08 Å². The molecule has 0 unspecified atom stereocenters. The van der Waals surface area contributed by atoms with Gasteiger partial charge in [-0.1, -0.05) is 61.9 Å². The summed E-state index contributed by atoms with van der Waals surface area (Å²) >= 11 is 0. The van der Waals surface area contributed by atoms with Crippen molar-refractivity contribution in [2.75, 3.05) is 0 Å². The van der Waals surface area contributed by atoms with Crippen LogP contribution < -0.4 is 4.74 Å². The molecule has 164 valence electrons. The summed E-state index contributed by atoms with van der Waals surface area (Å²) in [6.45, 7) is -0.555. The van der Waals surface area contributed by atoms with E-state index >= 15 is 0 Å². The van der Waals surface area contributed by atoms with Crippen LogP contribution in [-0.2, 0) is 6.42 Å². The highest BCUT2D eigenvalue weighted by atomic mass is 19.3. The molecule has 0 spiro atoms. The Morgan fingerprint density at radius 2 is 1.68 bits per heavy atom. The number of halogens is 2. The van der Waals surface area contributed by atoms with Crippen LogP contribution in [0.25, 0.3) is 0 Å². The molecule has 1 aliphatic rings. The molecule has 0 heterocycles. The van der Waals surface area contributed by atoms with Crippen LogP contribution in [0, 0.1) is 17.8 Å². The smallest absolute Gasteiger partial charge is 0.387 e. The molecule has 1 nitrogen and oxygen atoms in total. The minimum Gasteiger partial charge on any atom is -0.435 e. The Hall–Kier alpha value is -2.60. The van der Waals surface area contributed by atoms with Gasteiger partial charge >= 0.3 is 6.61 Å². The molecule has 3 rings (SSSR count). The second-order valence-corrected chi connectivity index (χ2v) is 8.34. The summed E-state index contributed by atoms with van der Waals surface area (Å²) in [4.78, 5) is 0. The molecule has 31 heavy (non-hydrogen) atoms. The van der Waals surface area contributed by atoms with Crippen LogP contribution in [0.2, 0.25) is 0 Å².